The minimum atomic E-state index is -0.189. The Morgan fingerprint density at radius 1 is 0.903 bits per heavy atom. The first-order chi connectivity index (χ1) is 15.0. The maximum absolute atomic E-state index is 12.1. The highest BCUT2D eigenvalue weighted by atomic mass is 35.5. The van der Waals surface area contributed by atoms with Crippen molar-refractivity contribution in [2.75, 3.05) is 17.2 Å². The Hall–Kier alpha value is -2.80. The second-order valence-corrected chi connectivity index (χ2v) is 7.85. The van der Waals surface area contributed by atoms with Gasteiger partial charge in [0, 0.05) is 28.5 Å². The van der Waals surface area contributed by atoms with Gasteiger partial charge in [0.1, 0.15) is 5.75 Å². The van der Waals surface area contributed by atoms with E-state index in [0.717, 1.165) is 17.1 Å². The molecule has 8 heteroatoms. The van der Waals surface area contributed by atoms with E-state index in [9.17, 15) is 4.79 Å². The first-order valence-corrected chi connectivity index (χ1v) is 10.8. The van der Waals surface area contributed by atoms with Crippen LogP contribution in [0.5, 0.6) is 5.75 Å². The number of carbonyl (C=O) groups is 1. The number of carbonyl (C=O) groups excluding carboxylic acids is 1. The number of thiocarbonyl (C=S) groups is 1. The van der Waals surface area contributed by atoms with E-state index >= 15 is 0 Å². The molecule has 0 unspecified atom stereocenters. The molecule has 0 atom stereocenters. The Morgan fingerprint density at radius 2 is 1.58 bits per heavy atom. The summed E-state index contributed by atoms with van der Waals surface area (Å²) >= 11 is 17.1. The quantitative estimate of drug-likeness (QED) is 0.260. The zero-order valence-electron chi connectivity index (χ0n) is 16.5. The zero-order chi connectivity index (χ0) is 22.1. The van der Waals surface area contributed by atoms with Crippen molar-refractivity contribution < 1.29 is 9.53 Å². The van der Waals surface area contributed by atoms with Gasteiger partial charge in [0.15, 0.2) is 5.11 Å². The number of benzene rings is 3. The molecule has 0 fully saturated rings. The Balaban J connectivity index is 1.37. The molecule has 3 rings (SSSR count). The maximum Gasteiger partial charge on any atom is 0.226 e. The summed E-state index contributed by atoms with van der Waals surface area (Å²) in [6.45, 7) is 0.352. The summed E-state index contributed by atoms with van der Waals surface area (Å²) in [6.07, 6.45) is 0.792. The summed E-state index contributed by atoms with van der Waals surface area (Å²) in [6, 6.07) is 22.5. The number of para-hydroxylation sites is 1. The summed E-state index contributed by atoms with van der Waals surface area (Å²) in [5, 5.41) is 10.2. The van der Waals surface area contributed by atoms with Crippen LogP contribution in [0, 0.1) is 0 Å². The molecule has 31 heavy (non-hydrogen) atoms. The molecule has 0 radical (unpaired) electrons. The second kappa shape index (κ2) is 11.6. The molecule has 0 aliphatic carbocycles. The summed E-state index contributed by atoms with van der Waals surface area (Å²) < 4.78 is 5.57. The predicted octanol–water partition coefficient (Wildman–Crippen LogP) is 6.41. The van der Waals surface area contributed by atoms with Crippen molar-refractivity contribution in [2.24, 2.45) is 0 Å². The van der Waals surface area contributed by atoms with Crippen LogP contribution < -0.4 is 20.7 Å². The minimum Gasteiger partial charge on any atom is -0.492 e. The molecule has 0 aromatic heterocycles. The molecule has 0 heterocycles. The Morgan fingerprint density at radius 3 is 2.29 bits per heavy atom. The van der Waals surface area contributed by atoms with Crippen molar-refractivity contribution in [2.45, 2.75) is 12.8 Å². The molecule has 3 N–H and O–H groups in total. The van der Waals surface area contributed by atoms with Crippen molar-refractivity contribution in [3.8, 4) is 5.75 Å². The van der Waals surface area contributed by atoms with Crippen LogP contribution in [0.1, 0.15) is 12.8 Å². The lowest BCUT2D eigenvalue weighted by atomic mass is 10.2. The van der Waals surface area contributed by atoms with Crippen LogP contribution >= 0.6 is 35.4 Å². The average molecular weight is 474 g/mol. The standard InChI is InChI=1S/C23H21Cl2N3O2S/c24-16-8-13-21(20(25)15-16)30-14-4-7-22(29)28-23(31)27-19-11-9-18(10-12-19)26-17-5-2-1-3-6-17/h1-3,5-6,8-13,15,26H,4,7,14H2,(H2,27,28,29,31). The van der Waals surface area contributed by atoms with Gasteiger partial charge >= 0.3 is 0 Å². The van der Waals surface area contributed by atoms with Crippen LogP contribution in [-0.4, -0.2) is 17.6 Å². The molecule has 160 valence electrons. The number of nitrogens with one attached hydrogen (secondary N) is 3. The summed E-state index contributed by atoms with van der Waals surface area (Å²) in [5.74, 6) is 0.347. The van der Waals surface area contributed by atoms with E-state index in [-0.39, 0.29) is 17.4 Å². The average Bonchev–Trinajstić information content (AvgIpc) is 2.74. The molecular formula is C23H21Cl2N3O2S. The normalized spacial score (nSPS) is 10.3. The van der Waals surface area contributed by atoms with Crippen LogP contribution in [0.25, 0.3) is 0 Å². The Kier molecular flexibility index (Phi) is 8.53. The Bertz CT molecular complexity index is 1030. The van der Waals surface area contributed by atoms with Gasteiger partial charge in [0.25, 0.3) is 0 Å². The molecule has 3 aromatic rings. The molecule has 1 amide bonds. The van der Waals surface area contributed by atoms with Crippen LogP contribution in [0.3, 0.4) is 0 Å². The van der Waals surface area contributed by atoms with E-state index in [1.807, 2.05) is 54.6 Å². The summed E-state index contributed by atoms with van der Waals surface area (Å²) in [5.41, 5.74) is 2.74. The largest absolute Gasteiger partial charge is 0.492 e. The fraction of sp³-hybridized carbons (Fsp3) is 0.130. The van der Waals surface area contributed by atoms with Gasteiger partial charge in [-0.25, -0.2) is 0 Å². The lowest BCUT2D eigenvalue weighted by Crippen LogP contribution is -2.34. The van der Waals surface area contributed by atoms with Gasteiger partial charge in [0.2, 0.25) is 5.91 Å². The fourth-order valence-corrected chi connectivity index (χ4v) is 3.38. The van der Waals surface area contributed by atoms with Gasteiger partial charge in [0.05, 0.1) is 11.6 Å². The minimum absolute atomic E-state index is 0.189. The molecule has 0 saturated heterocycles. The lowest BCUT2D eigenvalue weighted by Gasteiger charge is -2.11. The highest BCUT2D eigenvalue weighted by molar-refractivity contribution is 7.80. The first-order valence-electron chi connectivity index (χ1n) is 9.60. The van der Waals surface area contributed by atoms with Gasteiger partial charge in [-0.2, -0.15) is 0 Å². The molecular weight excluding hydrogens is 453 g/mol. The third-order valence-electron chi connectivity index (χ3n) is 4.16. The van der Waals surface area contributed by atoms with Crippen molar-refractivity contribution >= 4 is 63.5 Å². The maximum atomic E-state index is 12.1. The number of amides is 1. The molecule has 5 nitrogen and oxygen atoms in total. The van der Waals surface area contributed by atoms with Crippen LogP contribution in [0.4, 0.5) is 17.1 Å². The molecule has 3 aromatic carbocycles. The molecule has 0 saturated carbocycles. The van der Waals surface area contributed by atoms with Gasteiger partial charge in [-0.3, -0.25) is 4.79 Å². The van der Waals surface area contributed by atoms with Gasteiger partial charge in [-0.1, -0.05) is 41.4 Å². The SMILES string of the molecule is O=C(CCCOc1ccc(Cl)cc1Cl)NC(=S)Nc1ccc(Nc2ccccc2)cc1. The van der Waals surface area contributed by atoms with Crippen LogP contribution in [0.2, 0.25) is 10.0 Å². The van der Waals surface area contributed by atoms with Crippen LogP contribution in [0.15, 0.2) is 72.8 Å². The zero-order valence-corrected chi connectivity index (χ0v) is 18.9. The van der Waals surface area contributed by atoms with Gasteiger partial charge < -0.3 is 20.7 Å². The smallest absolute Gasteiger partial charge is 0.226 e. The number of anilines is 3. The Labute approximate surface area is 196 Å². The van der Waals surface area contributed by atoms with Crippen molar-refractivity contribution in [3.63, 3.8) is 0 Å². The topological polar surface area (TPSA) is 62.4 Å². The van der Waals surface area contributed by atoms with E-state index in [2.05, 4.69) is 16.0 Å². The van der Waals surface area contributed by atoms with Crippen molar-refractivity contribution in [1.82, 2.24) is 5.32 Å². The van der Waals surface area contributed by atoms with Crippen LogP contribution in [-0.2, 0) is 4.79 Å². The van der Waals surface area contributed by atoms with Crippen molar-refractivity contribution in [1.29, 1.82) is 0 Å². The van der Waals surface area contributed by atoms with E-state index in [1.54, 1.807) is 18.2 Å². The summed E-state index contributed by atoms with van der Waals surface area (Å²) in [7, 11) is 0. The monoisotopic (exact) mass is 473 g/mol. The molecule has 0 aliphatic heterocycles. The molecule has 0 bridgehead atoms. The summed E-state index contributed by atoms with van der Waals surface area (Å²) in [4.78, 5) is 12.1. The first kappa shape index (κ1) is 22.9. The third kappa shape index (κ3) is 7.75. The van der Waals surface area contributed by atoms with Crippen molar-refractivity contribution in [3.05, 3.63) is 82.8 Å². The second-order valence-electron chi connectivity index (χ2n) is 6.60. The number of hydrogen-bond acceptors (Lipinski definition) is 4. The number of ether oxygens (including phenoxy) is 1. The number of rotatable bonds is 8. The predicted molar refractivity (Wildman–Crippen MR) is 132 cm³/mol. The molecule has 0 spiro atoms. The fourth-order valence-electron chi connectivity index (χ4n) is 2.68. The third-order valence-corrected chi connectivity index (χ3v) is 4.89. The van der Waals surface area contributed by atoms with E-state index in [0.29, 0.717) is 28.8 Å². The molecule has 0 aliphatic rings. The van der Waals surface area contributed by atoms with E-state index in [4.69, 9.17) is 40.2 Å². The lowest BCUT2D eigenvalue weighted by molar-refractivity contribution is -0.119. The van der Waals surface area contributed by atoms with Gasteiger partial charge in [-0.15, -0.1) is 0 Å². The van der Waals surface area contributed by atoms with E-state index < -0.39 is 0 Å². The number of hydrogen-bond donors (Lipinski definition) is 3. The highest BCUT2D eigenvalue weighted by Crippen LogP contribution is 2.27. The van der Waals surface area contributed by atoms with Gasteiger partial charge in [-0.05, 0) is 73.2 Å². The number of halogens is 2. The highest BCUT2D eigenvalue weighted by Gasteiger charge is 2.07. The van der Waals surface area contributed by atoms with E-state index in [1.165, 1.54) is 0 Å².